The molecule has 1 saturated carbocycles. The van der Waals surface area contributed by atoms with Gasteiger partial charge in [0.25, 0.3) is 0 Å². The Morgan fingerprint density at radius 1 is 1.33 bits per heavy atom. The van der Waals surface area contributed by atoms with Gasteiger partial charge in [-0.3, -0.25) is 0 Å². The number of benzene rings is 1. The number of hydrogen-bond acceptors (Lipinski definition) is 2. The summed E-state index contributed by atoms with van der Waals surface area (Å²) in [5.41, 5.74) is 2.09. The van der Waals surface area contributed by atoms with Gasteiger partial charge in [-0.15, -0.1) is 0 Å². The third-order valence-electron chi connectivity index (χ3n) is 4.56. The van der Waals surface area contributed by atoms with Crippen molar-refractivity contribution in [2.45, 2.75) is 38.4 Å². The summed E-state index contributed by atoms with van der Waals surface area (Å²) in [5.74, 6) is 0.822. The first-order chi connectivity index (χ1) is 11.7. The molecule has 2 heterocycles. The number of carbonyl (C=O) groups is 1. The van der Waals surface area contributed by atoms with E-state index < -0.39 is 0 Å². The van der Waals surface area contributed by atoms with E-state index in [1.807, 2.05) is 42.2 Å². The molecule has 2 aromatic heterocycles. The first-order valence-electron chi connectivity index (χ1n) is 8.38. The van der Waals surface area contributed by atoms with Crippen LogP contribution in [-0.2, 0) is 6.54 Å². The quantitative estimate of drug-likeness (QED) is 0.739. The van der Waals surface area contributed by atoms with Crippen molar-refractivity contribution in [1.29, 1.82) is 0 Å². The molecule has 1 aliphatic carbocycles. The molecule has 0 unspecified atom stereocenters. The average Bonchev–Trinajstić information content (AvgIpc) is 3.13. The standard InChI is InChI=1S/C19H21N3O2/c1-13(18-7-4-10-24-18)22(16-8-9-16)19(23)20-12-15-11-14-5-2-3-6-17(14)21-15/h2-7,10-11,13,16,21H,8-9,12H2,1H3,(H,20,23)/t13-/m0/s1. The molecule has 0 aliphatic heterocycles. The maximum absolute atomic E-state index is 12.7. The highest BCUT2D eigenvalue weighted by molar-refractivity contribution is 5.80. The topological polar surface area (TPSA) is 61.3 Å². The third kappa shape index (κ3) is 2.89. The highest BCUT2D eigenvalue weighted by Crippen LogP contribution is 2.34. The number of carbonyl (C=O) groups excluding carboxylic acids is 1. The summed E-state index contributed by atoms with van der Waals surface area (Å²) in [6.45, 7) is 2.50. The molecule has 2 N–H and O–H groups in total. The van der Waals surface area contributed by atoms with E-state index in [0.29, 0.717) is 12.6 Å². The molecular weight excluding hydrogens is 302 g/mol. The van der Waals surface area contributed by atoms with Gasteiger partial charge in [-0.2, -0.15) is 0 Å². The lowest BCUT2D eigenvalue weighted by Crippen LogP contribution is -2.42. The lowest BCUT2D eigenvalue weighted by Gasteiger charge is -2.28. The van der Waals surface area contributed by atoms with Crippen molar-refractivity contribution in [3.63, 3.8) is 0 Å². The highest BCUT2D eigenvalue weighted by Gasteiger charge is 2.37. The van der Waals surface area contributed by atoms with Gasteiger partial charge in [-0.25, -0.2) is 4.79 Å². The Morgan fingerprint density at radius 2 is 2.17 bits per heavy atom. The molecule has 3 aromatic rings. The Balaban J connectivity index is 1.45. The molecule has 1 atom stereocenters. The third-order valence-corrected chi connectivity index (χ3v) is 4.56. The van der Waals surface area contributed by atoms with Gasteiger partial charge in [-0.1, -0.05) is 18.2 Å². The summed E-state index contributed by atoms with van der Waals surface area (Å²) in [7, 11) is 0. The van der Waals surface area contributed by atoms with Crippen LogP contribution in [-0.4, -0.2) is 22.0 Å². The van der Waals surface area contributed by atoms with Crippen molar-refractivity contribution in [2.75, 3.05) is 0 Å². The van der Waals surface area contributed by atoms with E-state index in [1.165, 1.54) is 0 Å². The van der Waals surface area contributed by atoms with Crippen molar-refractivity contribution in [3.05, 3.63) is 60.2 Å². The fourth-order valence-electron chi connectivity index (χ4n) is 3.17. The van der Waals surface area contributed by atoms with Crippen molar-refractivity contribution >= 4 is 16.9 Å². The molecule has 0 spiro atoms. The molecule has 0 radical (unpaired) electrons. The molecule has 124 valence electrons. The molecule has 2 amide bonds. The average molecular weight is 323 g/mol. The second kappa shape index (κ2) is 6.07. The monoisotopic (exact) mass is 323 g/mol. The van der Waals surface area contributed by atoms with E-state index in [9.17, 15) is 4.79 Å². The number of nitrogens with one attached hydrogen (secondary N) is 2. The molecule has 5 nitrogen and oxygen atoms in total. The normalized spacial score (nSPS) is 15.4. The summed E-state index contributed by atoms with van der Waals surface area (Å²) in [4.78, 5) is 18.0. The number of aromatic amines is 1. The van der Waals surface area contributed by atoms with Crippen LogP contribution >= 0.6 is 0 Å². The maximum Gasteiger partial charge on any atom is 0.318 e. The first kappa shape index (κ1) is 14.9. The molecule has 1 aromatic carbocycles. The number of rotatable bonds is 5. The van der Waals surface area contributed by atoms with E-state index in [4.69, 9.17) is 4.42 Å². The minimum absolute atomic E-state index is 0.0416. The zero-order valence-corrected chi connectivity index (χ0v) is 13.7. The number of aromatic nitrogens is 1. The van der Waals surface area contributed by atoms with E-state index in [0.717, 1.165) is 35.2 Å². The molecule has 0 bridgehead atoms. The largest absolute Gasteiger partial charge is 0.467 e. The van der Waals surface area contributed by atoms with Crippen LogP contribution in [0.2, 0.25) is 0 Å². The summed E-state index contributed by atoms with van der Waals surface area (Å²) in [6, 6.07) is 14.2. The lowest BCUT2D eigenvalue weighted by molar-refractivity contribution is 0.166. The fourth-order valence-corrected chi connectivity index (χ4v) is 3.17. The van der Waals surface area contributed by atoms with Crippen LogP contribution in [0, 0.1) is 0 Å². The Labute approximate surface area is 140 Å². The van der Waals surface area contributed by atoms with Gasteiger partial charge in [0.15, 0.2) is 0 Å². The van der Waals surface area contributed by atoms with E-state index >= 15 is 0 Å². The van der Waals surface area contributed by atoms with E-state index in [1.54, 1.807) is 6.26 Å². The minimum atomic E-state index is -0.0600. The van der Waals surface area contributed by atoms with Crippen LogP contribution in [0.4, 0.5) is 4.79 Å². The summed E-state index contributed by atoms with van der Waals surface area (Å²) in [5, 5.41) is 4.20. The van der Waals surface area contributed by atoms with Crippen LogP contribution in [0.15, 0.2) is 53.1 Å². The van der Waals surface area contributed by atoms with Crippen LogP contribution < -0.4 is 5.32 Å². The fraction of sp³-hybridized carbons (Fsp3) is 0.316. The van der Waals surface area contributed by atoms with Gasteiger partial charge in [0, 0.05) is 17.3 Å². The van der Waals surface area contributed by atoms with Crippen molar-refractivity contribution in [1.82, 2.24) is 15.2 Å². The van der Waals surface area contributed by atoms with Crippen LogP contribution in [0.5, 0.6) is 0 Å². The van der Waals surface area contributed by atoms with Crippen LogP contribution in [0.1, 0.15) is 37.3 Å². The van der Waals surface area contributed by atoms with E-state index in [-0.39, 0.29) is 12.1 Å². The number of para-hydroxylation sites is 1. The predicted molar refractivity (Wildman–Crippen MR) is 92.5 cm³/mol. The van der Waals surface area contributed by atoms with Gasteiger partial charge in [-0.05, 0) is 49.4 Å². The van der Waals surface area contributed by atoms with Gasteiger partial charge < -0.3 is 19.6 Å². The van der Waals surface area contributed by atoms with Gasteiger partial charge in [0.05, 0.1) is 18.8 Å². The van der Waals surface area contributed by atoms with Gasteiger partial charge in [0.2, 0.25) is 0 Å². The number of furan rings is 1. The van der Waals surface area contributed by atoms with Gasteiger partial charge >= 0.3 is 6.03 Å². The summed E-state index contributed by atoms with van der Waals surface area (Å²) < 4.78 is 5.48. The number of nitrogens with zero attached hydrogens (tertiary/aromatic N) is 1. The first-order valence-corrected chi connectivity index (χ1v) is 8.38. The Morgan fingerprint density at radius 3 is 2.88 bits per heavy atom. The maximum atomic E-state index is 12.7. The number of hydrogen-bond donors (Lipinski definition) is 2. The molecular formula is C19H21N3O2. The lowest BCUT2D eigenvalue weighted by atomic mass is 10.2. The second-order valence-corrected chi connectivity index (χ2v) is 6.37. The van der Waals surface area contributed by atoms with Crippen molar-refractivity contribution < 1.29 is 9.21 Å². The predicted octanol–water partition coefficient (Wildman–Crippen LogP) is 4.20. The number of urea groups is 1. The smallest absolute Gasteiger partial charge is 0.318 e. The molecule has 1 fully saturated rings. The number of amides is 2. The Bertz CT molecular complexity index is 800. The summed E-state index contributed by atoms with van der Waals surface area (Å²) in [6.07, 6.45) is 3.77. The molecule has 0 saturated heterocycles. The second-order valence-electron chi connectivity index (χ2n) is 6.37. The van der Waals surface area contributed by atoms with Crippen molar-refractivity contribution in [3.8, 4) is 0 Å². The van der Waals surface area contributed by atoms with Crippen molar-refractivity contribution in [2.24, 2.45) is 0 Å². The zero-order chi connectivity index (χ0) is 16.5. The zero-order valence-electron chi connectivity index (χ0n) is 13.7. The minimum Gasteiger partial charge on any atom is -0.467 e. The van der Waals surface area contributed by atoms with Gasteiger partial charge in [0.1, 0.15) is 5.76 Å². The number of H-pyrrole nitrogens is 1. The number of fused-ring (bicyclic) bond motifs is 1. The van der Waals surface area contributed by atoms with Crippen LogP contribution in [0.25, 0.3) is 10.9 Å². The Kier molecular flexibility index (Phi) is 3.76. The molecule has 1 aliphatic rings. The molecule has 4 rings (SSSR count). The summed E-state index contributed by atoms with van der Waals surface area (Å²) >= 11 is 0. The van der Waals surface area contributed by atoms with E-state index in [2.05, 4.69) is 22.4 Å². The molecule has 5 heteroatoms. The highest BCUT2D eigenvalue weighted by atomic mass is 16.3. The Hall–Kier alpha value is -2.69. The van der Waals surface area contributed by atoms with Crippen LogP contribution in [0.3, 0.4) is 0 Å². The molecule has 24 heavy (non-hydrogen) atoms. The SMILES string of the molecule is C[C@@H](c1ccco1)N(C(=O)NCc1cc2ccccc2[nH]1)C1CC1.